The smallest absolute Gasteiger partial charge is 0.185 e. The zero-order valence-electron chi connectivity index (χ0n) is 20.9. The van der Waals surface area contributed by atoms with Gasteiger partial charge in [-0.15, -0.1) is 0 Å². The Hall–Kier alpha value is -4.06. The van der Waals surface area contributed by atoms with E-state index in [-0.39, 0.29) is 22.9 Å². The maximum Gasteiger partial charge on any atom is 0.185 e. The molecule has 0 bridgehead atoms. The van der Waals surface area contributed by atoms with E-state index in [2.05, 4.69) is 0 Å². The van der Waals surface area contributed by atoms with Gasteiger partial charge in [-0.05, 0) is 65.7 Å². The van der Waals surface area contributed by atoms with Crippen molar-refractivity contribution in [3.8, 4) is 0 Å². The van der Waals surface area contributed by atoms with Gasteiger partial charge in [0.1, 0.15) is 17.3 Å². The fraction of sp³-hybridized carbons (Fsp3) is 0.121. The second kappa shape index (κ2) is 8.98. The average molecular weight is 568 g/mol. The average Bonchev–Trinajstić information content (AvgIpc) is 3.39. The molecule has 7 rings (SSSR count). The molecule has 0 radical (unpaired) electrons. The number of hydrogen-bond donors (Lipinski definition) is 0. The highest BCUT2D eigenvalue weighted by molar-refractivity contribution is 6.33. The minimum Gasteiger partial charge on any atom is -0.352 e. The molecule has 3 aliphatic rings. The van der Waals surface area contributed by atoms with Gasteiger partial charge in [0.05, 0.1) is 6.04 Å². The van der Waals surface area contributed by atoms with Crippen molar-refractivity contribution in [2.45, 2.75) is 18.0 Å². The van der Waals surface area contributed by atoms with Gasteiger partial charge in [-0.1, -0.05) is 71.8 Å². The number of Topliss-reactive ketones (excluding diaryl/α,β-unsaturated/α-hetero) is 3. The van der Waals surface area contributed by atoms with Crippen LogP contribution >= 0.6 is 23.2 Å². The molecule has 0 saturated carbocycles. The van der Waals surface area contributed by atoms with E-state index in [1.165, 1.54) is 24.3 Å². The van der Waals surface area contributed by atoms with Gasteiger partial charge in [0, 0.05) is 38.3 Å². The summed E-state index contributed by atoms with van der Waals surface area (Å²) >= 11 is 12.6. The molecule has 196 valence electrons. The Labute approximate surface area is 239 Å². The number of carbonyl (C=O) groups excluding carboxylic acids is 3. The highest BCUT2D eigenvalue weighted by atomic mass is 35.5. The standard InChI is InChI=1S/C33H20Cl2FNO3/c34-21-10-5-18(6-11-21)28-29(30(38)19-7-13-23(36)14-8-19)37-26-15-12-22(35)17-20(26)9-16-27(37)33(28)31(39)24-3-1-2-4-25(24)32(33)40/h1-17,27-29H/t27-,28+,29+/m1/s1. The summed E-state index contributed by atoms with van der Waals surface area (Å²) in [6.07, 6.45) is 3.69. The lowest BCUT2D eigenvalue weighted by molar-refractivity contribution is 0.0666. The molecule has 4 aromatic rings. The van der Waals surface area contributed by atoms with E-state index >= 15 is 0 Å². The molecule has 40 heavy (non-hydrogen) atoms. The van der Waals surface area contributed by atoms with Gasteiger partial charge in [0.15, 0.2) is 17.3 Å². The summed E-state index contributed by atoms with van der Waals surface area (Å²) in [6.45, 7) is 0. The van der Waals surface area contributed by atoms with Gasteiger partial charge < -0.3 is 4.90 Å². The molecule has 0 amide bonds. The molecule has 1 spiro atoms. The third-order valence-electron chi connectivity index (χ3n) is 8.39. The maximum absolute atomic E-state index is 14.6. The Balaban J connectivity index is 1.54. The second-order valence-electron chi connectivity index (χ2n) is 10.3. The van der Waals surface area contributed by atoms with Crippen molar-refractivity contribution in [2.75, 3.05) is 4.90 Å². The summed E-state index contributed by atoms with van der Waals surface area (Å²) in [5.74, 6) is -2.30. The molecular weight excluding hydrogens is 548 g/mol. The Bertz CT molecular complexity index is 1730. The van der Waals surface area contributed by atoms with E-state index in [1.54, 1.807) is 60.7 Å². The van der Waals surface area contributed by atoms with Crippen LogP contribution in [0.25, 0.3) is 6.08 Å². The quantitative estimate of drug-likeness (QED) is 0.190. The molecule has 2 aliphatic heterocycles. The normalized spacial score (nSPS) is 21.9. The summed E-state index contributed by atoms with van der Waals surface area (Å²) < 4.78 is 13.9. The zero-order chi connectivity index (χ0) is 27.8. The molecule has 7 heteroatoms. The lowest BCUT2D eigenvalue weighted by Crippen LogP contribution is -2.48. The van der Waals surface area contributed by atoms with E-state index in [9.17, 15) is 18.8 Å². The highest BCUT2D eigenvalue weighted by Gasteiger charge is 2.71. The molecule has 2 heterocycles. The topological polar surface area (TPSA) is 54.5 Å². The van der Waals surface area contributed by atoms with Crippen LogP contribution in [0.1, 0.15) is 48.1 Å². The van der Waals surface area contributed by atoms with Crippen molar-refractivity contribution >= 4 is 52.3 Å². The van der Waals surface area contributed by atoms with Crippen LogP contribution in [0.4, 0.5) is 10.1 Å². The molecular formula is C33H20Cl2FNO3. The number of nitrogens with zero attached hydrogens (tertiary/aromatic N) is 1. The molecule has 1 saturated heterocycles. The largest absolute Gasteiger partial charge is 0.352 e. The first-order chi connectivity index (χ1) is 19.3. The second-order valence-corrected chi connectivity index (χ2v) is 11.2. The van der Waals surface area contributed by atoms with Crippen molar-refractivity contribution in [1.29, 1.82) is 0 Å². The van der Waals surface area contributed by atoms with E-state index in [1.807, 2.05) is 23.1 Å². The Morgan fingerprint density at radius 3 is 2.08 bits per heavy atom. The van der Waals surface area contributed by atoms with Crippen LogP contribution in [0.2, 0.25) is 10.0 Å². The van der Waals surface area contributed by atoms with Crippen molar-refractivity contribution in [1.82, 2.24) is 0 Å². The number of carbonyl (C=O) groups is 3. The number of halogens is 3. The van der Waals surface area contributed by atoms with Crippen molar-refractivity contribution in [3.63, 3.8) is 0 Å². The molecule has 0 unspecified atom stereocenters. The molecule has 4 aromatic carbocycles. The highest BCUT2D eigenvalue weighted by Crippen LogP contribution is 2.61. The van der Waals surface area contributed by atoms with Crippen molar-refractivity contribution in [2.24, 2.45) is 5.41 Å². The first-order valence-corrected chi connectivity index (χ1v) is 13.6. The predicted octanol–water partition coefficient (Wildman–Crippen LogP) is 7.45. The summed E-state index contributed by atoms with van der Waals surface area (Å²) in [5, 5.41) is 1.01. The number of fused-ring (bicyclic) bond motifs is 5. The number of ketones is 3. The van der Waals surface area contributed by atoms with Crippen LogP contribution in [0.15, 0.2) is 97.1 Å². The summed E-state index contributed by atoms with van der Waals surface area (Å²) in [5.41, 5.74) is 1.44. The molecule has 3 atom stereocenters. The Kier molecular flexibility index (Phi) is 5.60. The lowest BCUT2D eigenvalue weighted by atomic mass is 9.64. The van der Waals surface area contributed by atoms with Crippen LogP contribution in [0.5, 0.6) is 0 Å². The Morgan fingerprint density at radius 2 is 1.43 bits per heavy atom. The van der Waals surface area contributed by atoms with E-state index in [0.29, 0.717) is 32.4 Å². The number of anilines is 1. The summed E-state index contributed by atoms with van der Waals surface area (Å²) in [4.78, 5) is 45.5. The van der Waals surface area contributed by atoms with Crippen molar-refractivity contribution in [3.05, 3.63) is 141 Å². The number of rotatable bonds is 3. The minimum atomic E-state index is -1.62. The monoisotopic (exact) mass is 567 g/mol. The molecule has 1 aliphatic carbocycles. The summed E-state index contributed by atoms with van der Waals surface area (Å²) in [7, 11) is 0. The Morgan fingerprint density at radius 1 is 0.800 bits per heavy atom. The molecule has 0 N–H and O–H groups in total. The molecule has 0 aromatic heterocycles. The van der Waals surface area contributed by atoms with Gasteiger partial charge in [0.2, 0.25) is 0 Å². The first-order valence-electron chi connectivity index (χ1n) is 12.8. The maximum atomic E-state index is 14.6. The van der Waals surface area contributed by atoms with E-state index in [0.717, 1.165) is 5.56 Å². The van der Waals surface area contributed by atoms with Crippen LogP contribution in [0.3, 0.4) is 0 Å². The van der Waals surface area contributed by atoms with E-state index in [4.69, 9.17) is 23.2 Å². The molecule has 4 nitrogen and oxygen atoms in total. The third kappa shape index (κ3) is 3.34. The van der Waals surface area contributed by atoms with E-state index < -0.39 is 29.2 Å². The van der Waals surface area contributed by atoms with Crippen LogP contribution < -0.4 is 4.90 Å². The fourth-order valence-electron chi connectivity index (χ4n) is 6.78. The molecule has 1 fully saturated rings. The number of benzene rings is 4. The van der Waals surface area contributed by atoms with Gasteiger partial charge in [-0.25, -0.2) is 4.39 Å². The zero-order valence-corrected chi connectivity index (χ0v) is 22.4. The lowest BCUT2D eigenvalue weighted by Gasteiger charge is -2.37. The van der Waals surface area contributed by atoms with Gasteiger partial charge in [0.25, 0.3) is 0 Å². The SMILES string of the molecule is O=C(c1ccc(F)cc1)[C@@H]1[C@H](c2ccc(Cl)cc2)C2(C(=O)c3ccccc3C2=O)[C@H]2C=Cc3cc(Cl)ccc3N12. The first kappa shape index (κ1) is 24.9. The van der Waals surface area contributed by atoms with Crippen LogP contribution in [-0.4, -0.2) is 29.4 Å². The van der Waals surface area contributed by atoms with Gasteiger partial charge in [-0.3, -0.25) is 14.4 Å². The van der Waals surface area contributed by atoms with Gasteiger partial charge >= 0.3 is 0 Å². The van der Waals surface area contributed by atoms with Crippen LogP contribution in [0, 0.1) is 11.2 Å². The third-order valence-corrected chi connectivity index (χ3v) is 8.88. The minimum absolute atomic E-state index is 0.279. The van der Waals surface area contributed by atoms with Gasteiger partial charge in [-0.2, -0.15) is 0 Å². The van der Waals surface area contributed by atoms with Crippen molar-refractivity contribution < 1.29 is 18.8 Å². The fourth-order valence-corrected chi connectivity index (χ4v) is 7.08. The number of hydrogen-bond acceptors (Lipinski definition) is 4. The summed E-state index contributed by atoms with van der Waals surface area (Å²) in [6, 6.07) is 22.7. The predicted molar refractivity (Wildman–Crippen MR) is 153 cm³/mol. The van der Waals surface area contributed by atoms with Crippen LogP contribution in [-0.2, 0) is 0 Å².